The smallest absolute Gasteiger partial charge is 0.337 e. The number of hydrogen-bond donors (Lipinski definition) is 1. The average molecular weight is 391 g/mol. The van der Waals surface area contributed by atoms with Gasteiger partial charge < -0.3 is 9.67 Å². The van der Waals surface area contributed by atoms with Gasteiger partial charge in [0.1, 0.15) is 0 Å². The van der Waals surface area contributed by atoms with Crippen LogP contribution in [0.4, 0.5) is 5.69 Å². The summed E-state index contributed by atoms with van der Waals surface area (Å²) >= 11 is 1.24. The molecule has 0 spiro atoms. The fourth-order valence-electron chi connectivity index (χ4n) is 3.14. The number of aromatic nitrogens is 1. The average Bonchev–Trinajstić information content (AvgIpc) is 3.14. The number of aliphatic imine (C=N–C) groups is 1. The highest BCUT2D eigenvalue weighted by Gasteiger charge is 2.31. The summed E-state index contributed by atoms with van der Waals surface area (Å²) < 4.78 is 2.02. The lowest BCUT2D eigenvalue weighted by Crippen LogP contribution is -2.23. The van der Waals surface area contributed by atoms with Crippen LogP contribution in [-0.4, -0.2) is 38.7 Å². The maximum atomic E-state index is 12.7. The standard InChI is InChI=1S/C21H17N3O3S/c1-23-12-13(14-7-4-6-10-17(14)23)11-18-19(25)24(2)21(28-18)22-16-9-5-3-8-15(16)20(26)27/h3-12H,1-2H3,(H,26,27)/b18-11-,22-21?. The summed E-state index contributed by atoms with van der Waals surface area (Å²) in [5, 5.41) is 10.9. The van der Waals surface area contributed by atoms with Gasteiger partial charge >= 0.3 is 5.97 Å². The molecule has 1 saturated heterocycles. The van der Waals surface area contributed by atoms with Crippen LogP contribution in [0.2, 0.25) is 0 Å². The van der Waals surface area contributed by atoms with Crippen LogP contribution in [0.25, 0.3) is 17.0 Å². The normalized spacial score (nSPS) is 17.2. The predicted molar refractivity (Wildman–Crippen MR) is 112 cm³/mol. The van der Waals surface area contributed by atoms with Gasteiger partial charge in [0.25, 0.3) is 5.91 Å². The summed E-state index contributed by atoms with van der Waals surface area (Å²) in [6.45, 7) is 0. The molecule has 1 amide bonds. The maximum absolute atomic E-state index is 12.7. The number of likely N-dealkylation sites (N-methyl/N-ethyl adjacent to an activating group) is 1. The first-order valence-electron chi connectivity index (χ1n) is 8.58. The van der Waals surface area contributed by atoms with Crippen LogP contribution in [0, 0.1) is 0 Å². The molecule has 6 nitrogen and oxygen atoms in total. The molecular weight excluding hydrogens is 374 g/mol. The molecule has 0 aliphatic carbocycles. The Morgan fingerprint density at radius 1 is 1.11 bits per heavy atom. The van der Waals surface area contributed by atoms with Crippen LogP contribution >= 0.6 is 11.8 Å². The Bertz CT molecular complexity index is 1180. The molecule has 140 valence electrons. The molecule has 0 atom stereocenters. The van der Waals surface area contributed by atoms with Crippen molar-refractivity contribution in [3.63, 3.8) is 0 Å². The molecule has 1 aliphatic rings. The van der Waals surface area contributed by atoms with E-state index in [2.05, 4.69) is 4.99 Å². The first kappa shape index (κ1) is 18.1. The highest BCUT2D eigenvalue weighted by molar-refractivity contribution is 8.18. The number of amides is 1. The van der Waals surface area contributed by atoms with Crippen LogP contribution in [0.3, 0.4) is 0 Å². The number of carboxylic acids is 1. The lowest BCUT2D eigenvalue weighted by molar-refractivity contribution is -0.121. The topological polar surface area (TPSA) is 74.9 Å². The second kappa shape index (κ2) is 7.01. The lowest BCUT2D eigenvalue weighted by Gasteiger charge is -2.08. The maximum Gasteiger partial charge on any atom is 0.337 e. The van der Waals surface area contributed by atoms with Crippen LogP contribution in [0.15, 0.2) is 64.6 Å². The van der Waals surface area contributed by atoms with Crippen molar-refractivity contribution in [3.05, 3.63) is 70.8 Å². The minimum atomic E-state index is -1.05. The van der Waals surface area contributed by atoms with Crippen molar-refractivity contribution in [1.29, 1.82) is 0 Å². The Morgan fingerprint density at radius 3 is 2.61 bits per heavy atom. The van der Waals surface area contributed by atoms with Crippen molar-refractivity contribution in [2.75, 3.05) is 7.05 Å². The Balaban J connectivity index is 1.73. The zero-order valence-corrected chi connectivity index (χ0v) is 16.1. The zero-order chi connectivity index (χ0) is 19.8. The number of carboxylic acid groups (broad SMARTS) is 1. The van der Waals surface area contributed by atoms with Gasteiger partial charge in [0, 0.05) is 36.8 Å². The number of nitrogens with zero attached hydrogens (tertiary/aromatic N) is 3. The number of amidine groups is 1. The SMILES string of the molecule is CN1C(=O)/C(=C/c2cn(C)c3ccccc23)SC1=Nc1ccccc1C(=O)O. The van der Waals surface area contributed by atoms with E-state index in [1.807, 2.05) is 48.2 Å². The van der Waals surface area contributed by atoms with Gasteiger partial charge in [-0.05, 0) is 36.0 Å². The van der Waals surface area contributed by atoms with Crippen molar-refractivity contribution < 1.29 is 14.7 Å². The molecule has 1 aromatic heterocycles. The molecule has 1 fully saturated rings. The van der Waals surface area contributed by atoms with Crippen LogP contribution < -0.4 is 0 Å². The number of hydrogen-bond acceptors (Lipinski definition) is 4. The summed E-state index contributed by atoms with van der Waals surface area (Å²) in [5.74, 6) is -1.21. The van der Waals surface area contributed by atoms with E-state index >= 15 is 0 Å². The summed E-state index contributed by atoms with van der Waals surface area (Å²) in [4.78, 5) is 30.5. The van der Waals surface area contributed by atoms with Gasteiger partial charge in [-0.2, -0.15) is 0 Å². The molecule has 0 bridgehead atoms. The van der Waals surface area contributed by atoms with Gasteiger partial charge in [0.15, 0.2) is 5.17 Å². The van der Waals surface area contributed by atoms with Gasteiger partial charge in [-0.3, -0.25) is 9.69 Å². The summed E-state index contributed by atoms with van der Waals surface area (Å²) in [5.41, 5.74) is 2.46. The minimum absolute atomic E-state index is 0.0999. The number of aromatic carboxylic acids is 1. The van der Waals surface area contributed by atoms with Crippen LogP contribution in [0.5, 0.6) is 0 Å². The molecule has 3 aromatic rings. The van der Waals surface area contributed by atoms with E-state index in [4.69, 9.17) is 0 Å². The van der Waals surface area contributed by atoms with E-state index in [-0.39, 0.29) is 11.5 Å². The molecule has 7 heteroatoms. The molecule has 0 radical (unpaired) electrons. The van der Waals surface area contributed by atoms with Gasteiger partial charge in [0.2, 0.25) is 0 Å². The summed E-state index contributed by atoms with van der Waals surface area (Å²) in [6.07, 6.45) is 3.85. The minimum Gasteiger partial charge on any atom is -0.478 e. The summed E-state index contributed by atoms with van der Waals surface area (Å²) in [7, 11) is 3.61. The monoisotopic (exact) mass is 391 g/mol. The third-order valence-electron chi connectivity index (χ3n) is 4.57. The van der Waals surface area contributed by atoms with E-state index < -0.39 is 5.97 Å². The Morgan fingerprint density at radius 2 is 1.82 bits per heavy atom. The predicted octanol–water partition coefficient (Wildman–Crippen LogP) is 4.11. The van der Waals surface area contributed by atoms with E-state index in [0.29, 0.717) is 15.8 Å². The van der Waals surface area contributed by atoms with Crippen molar-refractivity contribution >= 4 is 51.5 Å². The van der Waals surface area contributed by atoms with Gasteiger partial charge in [-0.25, -0.2) is 9.79 Å². The van der Waals surface area contributed by atoms with Crippen molar-refractivity contribution in [2.24, 2.45) is 12.0 Å². The number of aryl methyl sites for hydroxylation is 1. The van der Waals surface area contributed by atoms with Gasteiger partial charge in [0.05, 0.1) is 16.2 Å². The Hall–Kier alpha value is -3.32. The van der Waals surface area contributed by atoms with Crippen LogP contribution in [-0.2, 0) is 11.8 Å². The number of carbonyl (C=O) groups excluding carboxylic acids is 1. The first-order valence-corrected chi connectivity index (χ1v) is 9.40. The molecule has 0 unspecified atom stereocenters. The number of thioether (sulfide) groups is 1. The van der Waals surface area contributed by atoms with Gasteiger partial charge in [-0.15, -0.1) is 0 Å². The molecule has 1 N–H and O–H groups in total. The zero-order valence-electron chi connectivity index (χ0n) is 15.3. The summed E-state index contributed by atoms with van der Waals surface area (Å²) in [6, 6.07) is 14.5. The fourth-order valence-corrected chi connectivity index (χ4v) is 4.11. The Labute approximate surface area is 165 Å². The van der Waals surface area contributed by atoms with Crippen molar-refractivity contribution in [3.8, 4) is 0 Å². The molecule has 0 saturated carbocycles. The van der Waals surface area contributed by atoms with Crippen molar-refractivity contribution in [2.45, 2.75) is 0 Å². The molecule has 28 heavy (non-hydrogen) atoms. The molecular formula is C21H17N3O3S. The molecule has 2 heterocycles. The number of carbonyl (C=O) groups is 2. The van der Waals surface area contributed by atoms with E-state index in [1.165, 1.54) is 22.7 Å². The first-order chi connectivity index (χ1) is 13.5. The number of fused-ring (bicyclic) bond motifs is 1. The Kier molecular flexibility index (Phi) is 4.52. The second-order valence-electron chi connectivity index (χ2n) is 6.40. The number of benzene rings is 2. The highest BCUT2D eigenvalue weighted by Crippen LogP contribution is 2.35. The lowest BCUT2D eigenvalue weighted by atomic mass is 10.1. The van der Waals surface area contributed by atoms with Crippen molar-refractivity contribution in [1.82, 2.24) is 9.47 Å². The third kappa shape index (κ3) is 3.10. The fraction of sp³-hybridized carbons (Fsp3) is 0.0952. The van der Waals surface area contributed by atoms with Crippen LogP contribution in [0.1, 0.15) is 15.9 Å². The van der Waals surface area contributed by atoms with E-state index in [1.54, 1.807) is 25.2 Å². The molecule has 1 aliphatic heterocycles. The largest absolute Gasteiger partial charge is 0.478 e. The second-order valence-corrected chi connectivity index (χ2v) is 7.41. The van der Waals surface area contributed by atoms with E-state index in [9.17, 15) is 14.7 Å². The molecule has 2 aromatic carbocycles. The number of rotatable bonds is 3. The highest BCUT2D eigenvalue weighted by atomic mass is 32.2. The van der Waals surface area contributed by atoms with E-state index in [0.717, 1.165) is 16.5 Å². The number of para-hydroxylation sites is 2. The van der Waals surface area contributed by atoms with Gasteiger partial charge in [-0.1, -0.05) is 30.3 Å². The molecule has 4 rings (SSSR count). The third-order valence-corrected chi connectivity index (χ3v) is 5.63. The quantitative estimate of drug-likeness (QED) is 0.682.